The quantitative estimate of drug-likeness (QED) is 0.389. The van der Waals surface area contributed by atoms with Crippen LogP contribution in [0.5, 0.6) is 0 Å². The normalized spacial score (nSPS) is 14.7. The maximum absolute atomic E-state index is 13.3. The van der Waals surface area contributed by atoms with E-state index in [2.05, 4.69) is 30.1 Å². The average molecular weight is 473 g/mol. The second-order valence-electron chi connectivity index (χ2n) is 7.92. The van der Waals surface area contributed by atoms with Gasteiger partial charge in [-0.15, -0.1) is 5.10 Å². The van der Waals surface area contributed by atoms with Gasteiger partial charge in [0.1, 0.15) is 5.82 Å². The van der Waals surface area contributed by atoms with Crippen molar-refractivity contribution in [3.05, 3.63) is 73.1 Å². The van der Waals surface area contributed by atoms with Crippen LogP contribution in [0.4, 0.5) is 11.8 Å². The fourth-order valence-electron chi connectivity index (χ4n) is 4.23. The van der Waals surface area contributed by atoms with Crippen LogP contribution >= 0.6 is 0 Å². The minimum absolute atomic E-state index is 0.151. The van der Waals surface area contributed by atoms with E-state index in [1.54, 1.807) is 48.8 Å². The van der Waals surface area contributed by atoms with Crippen molar-refractivity contribution in [2.45, 2.75) is 9.92 Å². The first-order chi connectivity index (χ1) is 16.6. The molecule has 5 aromatic rings. The van der Waals surface area contributed by atoms with Crippen molar-refractivity contribution in [1.29, 1.82) is 0 Å². The van der Waals surface area contributed by atoms with E-state index >= 15 is 0 Å². The van der Waals surface area contributed by atoms with Crippen LogP contribution in [0.15, 0.2) is 83.0 Å². The second kappa shape index (κ2) is 8.03. The minimum Gasteiger partial charge on any atom is -0.352 e. The summed E-state index contributed by atoms with van der Waals surface area (Å²) in [6, 6.07) is 17.7. The molecule has 34 heavy (non-hydrogen) atoms. The predicted octanol–water partition coefficient (Wildman–Crippen LogP) is 2.23. The summed E-state index contributed by atoms with van der Waals surface area (Å²) in [6.07, 6.45) is 3.47. The first-order valence-electron chi connectivity index (χ1n) is 10.8. The van der Waals surface area contributed by atoms with E-state index in [4.69, 9.17) is 4.98 Å². The molecule has 170 valence electrons. The van der Waals surface area contributed by atoms with Crippen molar-refractivity contribution < 1.29 is 8.42 Å². The van der Waals surface area contributed by atoms with Gasteiger partial charge in [0.2, 0.25) is 20.8 Å². The highest BCUT2D eigenvalue weighted by Crippen LogP contribution is 2.30. The molecule has 0 radical (unpaired) electrons. The molecule has 1 saturated heterocycles. The van der Waals surface area contributed by atoms with Crippen molar-refractivity contribution >= 4 is 38.2 Å². The first-order valence-corrected chi connectivity index (χ1v) is 12.3. The molecular weight excluding hydrogens is 452 g/mol. The molecule has 4 heterocycles. The van der Waals surface area contributed by atoms with Crippen LogP contribution in [-0.4, -0.2) is 64.4 Å². The summed E-state index contributed by atoms with van der Waals surface area (Å²) >= 11 is 0. The molecule has 1 aliphatic heterocycles. The number of hydrogen-bond donors (Lipinski definition) is 0. The predicted molar refractivity (Wildman–Crippen MR) is 127 cm³/mol. The van der Waals surface area contributed by atoms with E-state index in [9.17, 15) is 8.42 Å². The lowest BCUT2D eigenvalue weighted by Crippen LogP contribution is -2.47. The maximum atomic E-state index is 13.3. The lowest BCUT2D eigenvalue weighted by Gasteiger charge is -2.35. The van der Waals surface area contributed by atoms with Gasteiger partial charge in [-0.1, -0.05) is 35.5 Å². The number of benzene rings is 2. The van der Waals surface area contributed by atoms with E-state index in [1.807, 2.05) is 24.3 Å². The van der Waals surface area contributed by atoms with Gasteiger partial charge in [0.05, 0.1) is 10.4 Å². The average Bonchev–Trinajstić information content (AvgIpc) is 3.35. The molecule has 0 amide bonds. The number of anilines is 2. The molecule has 10 nitrogen and oxygen atoms in total. The van der Waals surface area contributed by atoms with Gasteiger partial charge in [-0.05, 0) is 30.3 Å². The van der Waals surface area contributed by atoms with Crippen molar-refractivity contribution in [3.8, 4) is 0 Å². The summed E-state index contributed by atoms with van der Waals surface area (Å²) in [5.74, 6) is 1.41. The number of hydrogen-bond acceptors (Lipinski definition) is 9. The Balaban J connectivity index is 1.44. The minimum atomic E-state index is -3.88. The van der Waals surface area contributed by atoms with Crippen LogP contribution in [0.25, 0.3) is 16.6 Å². The van der Waals surface area contributed by atoms with Crippen LogP contribution in [-0.2, 0) is 9.84 Å². The SMILES string of the molecule is O=S(=O)(c1ccccc1)c1nnn2c1nc(N1CCN(c3ncccn3)CC1)c1ccccc12. The van der Waals surface area contributed by atoms with Crippen molar-refractivity contribution in [2.75, 3.05) is 36.0 Å². The van der Waals surface area contributed by atoms with Gasteiger partial charge in [-0.25, -0.2) is 23.4 Å². The Kier molecular flexibility index (Phi) is 4.84. The number of rotatable bonds is 4. The zero-order valence-electron chi connectivity index (χ0n) is 18.1. The third kappa shape index (κ3) is 3.32. The molecule has 1 aliphatic rings. The van der Waals surface area contributed by atoms with E-state index in [0.717, 1.165) is 24.0 Å². The summed E-state index contributed by atoms with van der Waals surface area (Å²) in [4.78, 5) is 17.9. The van der Waals surface area contributed by atoms with Gasteiger partial charge in [0, 0.05) is 44.0 Å². The number of sulfone groups is 1. The fraction of sp³-hybridized carbons (Fsp3) is 0.174. The van der Waals surface area contributed by atoms with Crippen LogP contribution in [0.2, 0.25) is 0 Å². The third-order valence-electron chi connectivity index (χ3n) is 5.92. The fourth-order valence-corrected chi connectivity index (χ4v) is 5.48. The lowest BCUT2D eigenvalue weighted by molar-refractivity contribution is 0.592. The topological polar surface area (TPSA) is 109 Å². The van der Waals surface area contributed by atoms with Crippen LogP contribution in [0, 0.1) is 0 Å². The van der Waals surface area contributed by atoms with Gasteiger partial charge in [-0.3, -0.25) is 0 Å². The van der Waals surface area contributed by atoms with E-state index in [1.165, 1.54) is 4.52 Å². The first kappa shape index (κ1) is 20.5. The molecule has 1 fully saturated rings. The Morgan fingerprint density at radius 1 is 0.765 bits per heavy atom. The Morgan fingerprint density at radius 2 is 1.44 bits per heavy atom. The highest BCUT2D eigenvalue weighted by atomic mass is 32.2. The molecule has 0 spiro atoms. The monoisotopic (exact) mass is 472 g/mol. The molecule has 0 bridgehead atoms. The molecular formula is C23H20N8O2S. The number of para-hydroxylation sites is 1. The van der Waals surface area contributed by atoms with Crippen molar-refractivity contribution in [1.82, 2.24) is 29.8 Å². The zero-order valence-corrected chi connectivity index (χ0v) is 18.9. The number of fused-ring (bicyclic) bond motifs is 3. The maximum Gasteiger partial charge on any atom is 0.229 e. The second-order valence-corrected chi connectivity index (χ2v) is 9.79. The zero-order chi connectivity index (χ0) is 23.1. The van der Waals surface area contributed by atoms with Crippen molar-refractivity contribution in [2.24, 2.45) is 0 Å². The Bertz CT molecular complexity index is 1580. The molecule has 0 atom stereocenters. The van der Waals surface area contributed by atoms with E-state index in [-0.39, 0.29) is 15.6 Å². The molecule has 11 heteroatoms. The van der Waals surface area contributed by atoms with Gasteiger partial charge in [0.15, 0.2) is 5.65 Å². The molecule has 0 unspecified atom stereocenters. The molecule has 2 aromatic carbocycles. The summed E-state index contributed by atoms with van der Waals surface area (Å²) in [5.41, 5.74) is 0.963. The smallest absolute Gasteiger partial charge is 0.229 e. The van der Waals surface area contributed by atoms with Gasteiger partial charge < -0.3 is 9.80 Å². The number of aromatic nitrogens is 6. The summed E-state index contributed by atoms with van der Waals surface area (Å²) < 4.78 is 28.2. The highest BCUT2D eigenvalue weighted by molar-refractivity contribution is 7.91. The van der Waals surface area contributed by atoms with E-state index in [0.29, 0.717) is 24.9 Å². The summed E-state index contributed by atoms with van der Waals surface area (Å²) in [6.45, 7) is 2.82. The van der Waals surface area contributed by atoms with E-state index < -0.39 is 9.84 Å². The van der Waals surface area contributed by atoms with Gasteiger partial charge in [0.25, 0.3) is 0 Å². The molecule has 3 aromatic heterocycles. The molecule has 0 saturated carbocycles. The summed E-state index contributed by atoms with van der Waals surface area (Å²) in [7, 11) is -3.88. The lowest BCUT2D eigenvalue weighted by atomic mass is 10.2. The largest absolute Gasteiger partial charge is 0.352 e. The molecule has 0 N–H and O–H groups in total. The molecule has 6 rings (SSSR count). The Morgan fingerprint density at radius 3 is 2.21 bits per heavy atom. The Hall–Kier alpha value is -4.12. The standard InChI is InChI=1S/C23H20N8O2S/c32-34(33,17-7-2-1-3-8-17)22-21-26-20(18-9-4-5-10-19(18)31(21)28-27-22)29-13-15-30(16-14-29)23-24-11-6-12-25-23/h1-12H,13-16H2. The highest BCUT2D eigenvalue weighted by Gasteiger charge is 2.28. The number of piperazine rings is 1. The Labute approximate surface area is 195 Å². The number of nitrogens with zero attached hydrogens (tertiary/aromatic N) is 8. The van der Waals surface area contributed by atoms with Gasteiger partial charge in [-0.2, -0.15) is 4.52 Å². The van der Waals surface area contributed by atoms with Crippen LogP contribution in [0.1, 0.15) is 0 Å². The summed E-state index contributed by atoms with van der Waals surface area (Å²) in [5, 5.41) is 8.94. The van der Waals surface area contributed by atoms with Crippen molar-refractivity contribution in [3.63, 3.8) is 0 Å². The van der Waals surface area contributed by atoms with Crippen LogP contribution < -0.4 is 9.80 Å². The molecule has 0 aliphatic carbocycles. The third-order valence-corrected chi connectivity index (χ3v) is 7.59. The van der Waals surface area contributed by atoms with Crippen LogP contribution in [0.3, 0.4) is 0 Å². The van der Waals surface area contributed by atoms with Gasteiger partial charge >= 0.3 is 0 Å².